The fourth-order valence-corrected chi connectivity index (χ4v) is 2.69. The summed E-state index contributed by atoms with van der Waals surface area (Å²) in [5.74, 6) is 0.762. The minimum Gasteiger partial charge on any atom is -0.301 e. The topological polar surface area (TPSA) is 21.1 Å². The monoisotopic (exact) mass is 235 g/mol. The molecule has 96 valence electrons. The molecule has 1 atom stereocenters. The number of aryl methyl sites for hydroxylation is 1. The second kappa shape index (κ2) is 5.67. The maximum atomic E-state index is 4.51. The summed E-state index contributed by atoms with van der Waals surface area (Å²) in [5.41, 5.74) is 1.35. The Morgan fingerprint density at radius 3 is 2.94 bits per heavy atom. The van der Waals surface area contributed by atoms with E-state index in [-0.39, 0.29) is 0 Å². The Balaban J connectivity index is 1.96. The van der Waals surface area contributed by atoms with Gasteiger partial charge in [-0.3, -0.25) is 4.68 Å². The second-order valence-corrected chi connectivity index (χ2v) is 5.63. The van der Waals surface area contributed by atoms with Crippen molar-refractivity contribution in [3.05, 3.63) is 18.0 Å². The molecule has 0 aromatic carbocycles. The molecule has 0 spiro atoms. The lowest BCUT2D eigenvalue weighted by Crippen LogP contribution is -2.38. The van der Waals surface area contributed by atoms with Crippen LogP contribution in [0, 0.1) is 5.92 Å². The Hall–Kier alpha value is -0.830. The summed E-state index contributed by atoms with van der Waals surface area (Å²) < 4.78 is 2.19. The van der Waals surface area contributed by atoms with E-state index in [1.807, 2.05) is 6.20 Å². The lowest BCUT2D eigenvalue weighted by Gasteiger charge is -2.33. The van der Waals surface area contributed by atoms with Gasteiger partial charge in [0.1, 0.15) is 0 Å². The summed E-state index contributed by atoms with van der Waals surface area (Å²) in [6.45, 7) is 10.4. The van der Waals surface area contributed by atoms with Crippen LogP contribution < -0.4 is 0 Å². The van der Waals surface area contributed by atoms with Crippen molar-refractivity contribution in [3.63, 3.8) is 0 Å². The molecule has 0 saturated carbocycles. The van der Waals surface area contributed by atoms with Crippen LogP contribution in [0.15, 0.2) is 12.4 Å². The third-order valence-corrected chi connectivity index (χ3v) is 3.54. The average Bonchev–Trinajstić information content (AvgIpc) is 2.77. The van der Waals surface area contributed by atoms with Crippen LogP contribution in [0.5, 0.6) is 0 Å². The van der Waals surface area contributed by atoms with E-state index >= 15 is 0 Å². The van der Waals surface area contributed by atoms with Gasteiger partial charge in [-0.2, -0.15) is 5.10 Å². The first kappa shape index (κ1) is 12.6. The van der Waals surface area contributed by atoms with Gasteiger partial charge in [0, 0.05) is 19.3 Å². The predicted molar refractivity (Wildman–Crippen MR) is 71.2 cm³/mol. The summed E-state index contributed by atoms with van der Waals surface area (Å²) in [7, 11) is 0. The third-order valence-electron chi connectivity index (χ3n) is 3.54. The lowest BCUT2D eigenvalue weighted by molar-refractivity contribution is 0.155. The predicted octanol–water partition coefficient (Wildman–Crippen LogP) is 2.74. The van der Waals surface area contributed by atoms with Gasteiger partial charge in [-0.25, -0.2) is 0 Å². The zero-order valence-corrected chi connectivity index (χ0v) is 11.4. The van der Waals surface area contributed by atoms with Crippen LogP contribution in [-0.2, 0) is 6.42 Å². The molecule has 0 aliphatic carbocycles. The number of hydrogen-bond acceptors (Lipinski definition) is 2. The molecule has 1 fully saturated rings. The molecule has 0 bridgehead atoms. The first-order valence-electron chi connectivity index (χ1n) is 6.94. The SMILES string of the molecule is CCc1cnn(C2CCCN(CC(C)C)C2)c1. The molecule has 0 N–H and O–H groups in total. The van der Waals surface area contributed by atoms with Gasteiger partial charge in [-0.05, 0) is 37.3 Å². The Morgan fingerprint density at radius 2 is 2.29 bits per heavy atom. The quantitative estimate of drug-likeness (QED) is 0.800. The maximum absolute atomic E-state index is 4.51. The summed E-state index contributed by atoms with van der Waals surface area (Å²) >= 11 is 0. The van der Waals surface area contributed by atoms with Crippen LogP contribution in [0.25, 0.3) is 0 Å². The molecule has 2 heterocycles. The number of rotatable bonds is 4. The van der Waals surface area contributed by atoms with Crippen molar-refractivity contribution in [2.45, 2.75) is 46.1 Å². The van der Waals surface area contributed by atoms with E-state index in [9.17, 15) is 0 Å². The zero-order chi connectivity index (χ0) is 12.3. The van der Waals surface area contributed by atoms with Crippen molar-refractivity contribution in [3.8, 4) is 0 Å². The van der Waals surface area contributed by atoms with Crippen molar-refractivity contribution in [2.75, 3.05) is 19.6 Å². The molecular formula is C14H25N3. The molecule has 1 saturated heterocycles. The van der Waals surface area contributed by atoms with E-state index in [1.54, 1.807) is 0 Å². The van der Waals surface area contributed by atoms with Gasteiger partial charge in [-0.1, -0.05) is 20.8 Å². The number of nitrogens with zero attached hydrogens (tertiary/aromatic N) is 3. The van der Waals surface area contributed by atoms with Gasteiger partial charge in [0.25, 0.3) is 0 Å². The van der Waals surface area contributed by atoms with Crippen molar-refractivity contribution in [2.24, 2.45) is 5.92 Å². The van der Waals surface area contributed by atoms with Gasteiger partial charge in [0.05, 0.1) is 12.2 Å². The molecule has 0 radical (unpaired) electrons. The number of likely N-dealkylation sites (tertiary alicyclic amines) is 1. The molecule has 2 rings (SSSR count). The molecule has 1 aliphatic heterocycles. The van der Waals surface area contributed by atoms with Crippen LogP contribution >= 0.6 is 0 Å². The first-order chi connectivity index (χ1) is 8.19. The van der Waals surface area contributed by atoms with Gasteiger partial charge in [0.15, 0.2) is 0 Å². The molecule has 1 unspecified atom stereocenters. The summed E-state index contributed by atoms with van der Waals surface area (Å²) in [6.07, 6.45) is 7.91. The van der Waals surface area contributed by atoms with Gasteiger partial charge >= 0.3 is 0 Å². The number of hydrogen-bond donors (Lipinski definition) is 0. The minimum absolute atomic E-state index is 0.586. The molecule has 1 aromatic heterocycles. The van der Waals surface area contributed by atoms with Gasteiger partial charge in [-0.15, -0.1) is 0 Å². The average molecular weight is 235 g/mol. The van der Waals surface area contributed by atoms with Crippen LogP contribution in [0.3, 0.4) is 0 Å². The minimum atomic E-state index is 0.586. The van der Waals surface area contributed by atoms with Gasteiger partial charge < -0.3 is 4.90 Å². The van der Waals surface area contributed by atoms with Gasteiger partial charge in [0.2, 0.25) is 0 Å². The second-order valence-electron chi connectivity index (χ2n) is 5.63. The standard InChI is InChI=1S/C14H25N3/c1-4-13-8-15-17(10-13)14-6-5-7-16(11-14)9-12(2)3/h8,10,12,14H,4-7,9,11H2,1-3H3. The highest BCUT2D eigenvalue weighted by molar-refractivity contribution is 5.04. The van der Waals surface area contributed by atoms with Crippen molar-refractivity contribution >= 4 is 0 Å². The van der Waals surface area contributed by atoms with E-state index in [0.29, 0.717) is 6.04 Å². The highest BCUT2D eigenvalue weighted by Gasteiger charge is 2.22. The Morgan fingerprint density at radius 1 is 1.47 bits per heavy atom. The maximum Gasteiger partial charge on any atom is 0.0646 e. The van der Waals surface area contributed by atoms with E-state index in [4.69, 9.17) is 0 Å². The van der Waals surface area contributed by atoms with E-state index in [2.05, 4.69) is 41.6 Å². The molecule has 17 heavy (non-hydrogen) atoms. The fourth-order valence-electron chi connectivity index (χ4n) is 2.69. The van der Waals surface area contributed by atoms with Crippen LogP contribution in [0.4, 0.5) is 0 Å². The van der Waals surface area contributed by atoms with Crippen LogP contribution in [0.2, 0.25) is 0 Å². The van der Waals surface area contributed by atoms with Crippen molar-refractivity contribution in [1.82, 2.24) is 14.7 Å². The zero-order valence-electron chi connectivity index (χ0n) is 11.4. The molecule has 3 heteroatoms. The molecule has 3 nitrogen and oxygen atoms in total. The molecule has 1 aliphatic rings. The Kier molecular flexibility index (Phi) is 4.21. The Bertz CT molecular complexity index is 343. The smallest absolute Gasteiger partial charge is 0.0646 e. The number of piperidine rings is 1. The first-order valence-corrected chi connectivity index (χ1v) is 6.94. The van der Waals surface area contributed by atoms with E-state index < -0.39 is 0 Å². The molecule has 0 amide bonds. The highest BCUT2D eigenvalue weighted by atomic mass is 15.3. The fraction of sp³-hybridized carbons (Fsp3) is 0.786. The molecular weight excluding hydrogens is 210 g/mol. The van der Waals surface area contributed by atoms with Crippen molar-refractivity contribution < 1.29 is 0 Å². The Labute approximate surface area is 105 Å². The summed E-state index contributed by atoms with van der Waals surface area (Å²) in [6, 6.07) is 0.586. The van der Waals surface area contributed by atoms with E-state index in [0.717, 1.165) is 12.3 Å². The largest absolute Gasteiger partial charge is 0.301 e. The normalized spacial score (nSPS) is 22.2. The lowest BCUT2D eigenvalue weighted by atomic mass is 10.0. The summed E-state index contributed by atoms with van der Waals surface area (Å²) in [5, 5.41) is 4.51. The number of aromatic nitrogens is 2. The highest BCUT2D eigenvalue weighted by Crippen LogP contribution is 2.21. The van der Waals surface area contributed by atoms with E-state index in [1.165, 1.54) is 38.0 Å². The van der Waals surface area contributed by atoms with Crippen molar-refractivity contribution in [1.29, 1.82) is 0 Å². The van der Waals surface area contributed by atoms with Crippen LogP contribution in [-0.4, -0.2) is 34.3 Å². The van der Waals surface area contributed by atoms with Crippen LogP contribution in [0.1, 0.15) is 45.2 Å². The summed E-state index contributed by atoms with van der Waals surface area (Å²) in [4.78, 5) is 2.59. The third kappa shape index (κ3) is 3.32. The molecule has 1 aromatic rings.